The molecule has 2 unspecified atom stereocenters. The highest BCUT2D eigenvalue weighted by molar-refractivity contribution is 7.80. The van der Waals surface area contributed by atoms with Crippen LogP contribution >= 0.6 is 12.2 Å². The van der Waals surface area contributed by atoms with Crippen LogP contribution in [0.15, 0.2) is 0 Å². The molecule has 62 valence electrons. The number of rotatable bonds is 0. The van der Waals surface area contributed by atoms with Crippen LogP contribution in [0.5, 0.6) is 0 Å². The first-order valence-corrected chi connectivity index (χ1v) is 4.41. The Labute approximate surface area is 72.5 Å². The largest absolute Gasteiger partial charge is 0.465 e. The van der Waals surface area contributed by atoms with E-state index in [1.54, 1.807) is 0 Å². The number of hydrogen-bond acceptors (Lipinski definition) is 2. The van der Waals surface area contributed by atoms with Crippen molar-refractivity contribution in [3.8, 4) is 0 Å². The zero-order valence-electron chi connectivity index (χ0n) is 7.13. The van der Waals surface area contributed by atoms with Gasteiger partial charge in [0.2, 0.25) is 0 Å². The smallest absolute Gasteiger partial charge is 0.260 e. The summed E-state index contributed by atoms with van der Waals surface area (Å²) in [6.07, 6.45) is 1.58. The van der Waals surface area contributed by atoms with Gasteiger partial charge in [0, 0.05) is 12.0 Å². The summed E-state index contributed by atoms with van der Waals surface area (Å²) in [5.74, 6) is 0. The fourth-order valence-electron chi connectivity index (χ4n) is 1.65. The molecule has 0 radical (unpaired) electrons. The van der Waals surface area contributed by atoms with Crippen LogP contribution in [-0.4, -0.2) is 27.8 Å². The van der Waals surface area contributed by atoms with Gasteiger partial charge >= 0.3 is 0 Å². The predicted molar refractivity (Wildman–Crippen MR) is 47.5 cm³/mol. The van der Waals surface area contributed by atoms with Crippen LogP contribution < -0.4 is 0 Å². The van der Waals surface area contributed by atoms with E-state index in [4.69, 9.17) is 17.0 Å². The Morgan fingerprint density at radius 3 is 2.45 bits per heavy atom. The van der Waals surface area contributed by atoms with Gasteiger partial charge in [-0.2, -0.15) is 0 Å². The maximum Gasteiger partial charge on any atom is 0.260 e. The van der Waals surface area contributed by atoms with Gasteiger partial charge in [-0.15, -0.1) is 0 Å². The highest BCUT2D eigenvalue weighted by Gasteiger charge is 2.55. The number of nitrogens with zero attached hydrogens (tertiary/aromatic N) is 1. The van der Waals surface area contributed by atoms with Crippen LogP contribution in [-0.2, 0) is 4.74 Å². The molecular formula is C8H13NOS. The average Bonchev–Trinajstić information content (AvgIpc) is 2.38. The molecule has 1 aliphatic carbocycles. The summed E-state index contributed by atoms with van der Waals surface area (Å²) in [5, 5.41) is 0.693. The first kappa shape index (κ1) is 7.35. The second-order valence-corrected chi connectivity index (χ2v) is 4.62. The molecule has 0 spiro atoms. The monoisotopic (exact) mass is 171 g/mol. The molecule has 1 saturated heterocycles. The van der Waals surface area contributed by atoms with Crippen molar-refractivity contribution in [1.82, 2.24) is 4.90 Å². The molecule has 0 aromatic heterocycles. The third-order valence-electron chi connectivity index (χ3n) is 2.20. The Morgan fingerprint density at radius 1 is 1.55 bits per heavy atom. The minimum Gasteiger partial charge on any atom is -0.465 e. The molecule has 0 aromatic rings. The number of ether oxygens (including phenoxy) is 1. The molecule has 1 heterocycles. The molecule has 2 nitrogen and oxygen atoms in total. The van der Waals surface area contributed by atoms with E-state index in [1.165, 1.54) is 0 Å². The SMILES string of the molecule is CC(C)(C)N1C(=S)OC2CC21. The van der Waals surface area contributed by atoms with Crippen molar-refractivity contribution in [3.05, 3.63) is 0 Å². The van der Waals surface area contributed by atoms with Crippen molar-refractivity contribution >= 4 is 17.4 Å². The zero-order valence-corrected chi connectivity index (χ0v) is 7.94. The molecule has 2 rings (SSSR count). The van der Waals surface area contributed by atoms with Crippen molar-refractivity contribution < 1.29 is 4.74 Å². The minimum atomic E-state index is 0.132. The van der Waals surface area contributed by atoms with Crippen LogP contribution in [0.2, 0.25) is 0 Å². The van der Waals surface area contributed by atoms with Crippen LogP contribution in [0.25, 0.3) is 0 Å². The Kier molecular flexibility index (Phi) is 1.26. The summed E-state index contributed by atoms with van der Waals surface area (Å²) in [6.45, 7) is 6.51. The Morgan fingerprint density at radius 2 is 2.18 bits per heavy atom. The van der Waals surface area contributed by atoms with Gasteiger partial charge in [0.05, 0.1) is 6.04 Å². The Bertz CT molecular complexity index is 209. The predicted octanol–water partition coefficient (Wildman–Crippen LogP) is 1.54. The summed E-state index contributed by atoms with van der Waals surface area (Å²) in [5.41, 5.74) is 0.132. The minimum absolute atomic E-state index is 0.132. The van der Waals surface area contributed by atoms with E-state index in [1.807, 2.05) is 0 Å². The lowest BCUT2D eigenvalue weighted by atomic mass is 10.1. The van der Waals surface area contributed by atoms with E-state index in [-0.39, 0.29) is 5.54 Å². The zero-order chi connectivity index (χ0) is 8.22. The fraction of sp³-hybridized carbons (Fsp3) is 0.875. The normalized spacial score (nSPS) is 35.2. The summed E-state index contributed by atoms with van der Waals surface area (Å²) in [7, 11) is 0. The third-order valence-corrected chi connectivity index (χ3v) is 2.50. The average molecular weight is 171 g/mol. The van der Waals surface area contributed by atoms with E-state index in [9.17, 15) is 0 Å². The maximum absolute atomic E-state index is 5.43. The fourth-order valence-corrected chi connectivity index (χ4v) is 2.18. The summed E-state index contributed by atoms with van der Waals surface area (Å²) >= 11 is 5.10. The Balaban J connectivity index is 2.19. The van der Waals surface area contributed by atoms with Gasteiger partial charge in [-0.3, -0.25) is 0 Å². The van der Waals surface area contributed by atoms with E-state index in [2.05, 4.69) is 25.7 Å². The first-order chi connectivity index (χ1) is 5.00. The van der Waals surface area contributed by atoms with Crippen molar-refractivity contribution in [1.29, 1.82) is 0 Å². The second-order valence-electron chi connectivity index (χ2n) is 4.27. The molecule has 1 saturated carbocycles. The lowest BCUT2D eigenvalue weighted by Gasteiger charge is -2.33. The Hall–Kier alpha value is -0.310. The number of hydrogen-bond donors (Lipinski definition) is 0. The highest BCUT2D eigenvalue weighted by atomic mass is 32.1. The van der Waals surface area contributed by atoms with Crippen molar-refractivity contribution in [3.63, 3.8) is 0 Å². The standard InChI is InChI=1S/C8H13NOS/c1-8(2,3)9-5-4-6(5)10-7(9)11/h5-6H,4H2,1-3H3. The quantitative estimate of drug-likeness (QED) is 0.513. The molecule has 0 bridgehead atoms. The summed E-state index contributed by atoms with van der Waals surface area (Å²) < 4.78 is 5.43. The number of fused-ring (bicyclic) bond motifs is 1. The van der Waals surface area contributed by atoms with Crippen LogP contribution in [0.3, 0.4) is 0 Å². The van der Waals surface area contributed by atoms with E-state index < -0.39 is 0 Å². The van der Waals surface area contributed by atoms with E-state index in [0.717, 1.165) is 6.42 Å². The van der Waals surface area contributed by atoms with Gasteiger partial charge in [-0.25, -0.2) is 0 Å². The van der Waals surface area contributed by atoms with E-state index >= 15 is 0 Å². The molecular weight excluding hydrogens is 158 g/mol. The molecule has 2 atom stereocenters. The van der Waals surface area contributed by atoms with Gasteiger partial charge in [0.1, 0.15) is 6.10 Å². The van der Waals surface area contributed by atoms with Crippen molar-refractivity contribution in [2.45, 2.75) is 44.9 Å². The maximum atomic E-state index is 5.43. The van der Waals surface area contributed by atoms with Crippen molar-refractivity contribution in [2.75, 3.05) is 0 Å². The molecule has 0 aromatic carbocycles. The lowest BCUT2D eigenvalue weighted by Crippen LogP contribution is -2.43. The van der Waals surface area contributed by atoms with E-state index in [0.29, 0.717) is 17.3 Å². The van der Waals surface area contributed by atoms with Crippen molar-refractivity contribution in [2.24, 2.45) is 0 Å². The molecule has 2 fully saturated rings. The topological polar surface area (TPSA) is 12.5 Å². The molecule has 3 heteroatoms. The third kappa shape index (κ3) is 1.02. The number of thiocarbonyl (C=S) groups is 1. The van der Waals surface area contributed by atoms with Crippen LogP contribution in [0, 0.1) is 0 Å². The molecule has 2 aliphatic rings. The van der Waals surface area contributed by atoms with Gasteiger partial charge < -0.3 is 9.64 Å². The molecule has 0 amide bonds. The molecule has 0 N–H and O–H groups in total. The van der Waals surface area contributed by atoms with Crippen LogP contribution in [0.1, 0.15) is 27.2 Å². The highest BCUT2D eigenvalue weighted by Crippen LogP contribution is 2.42. The van der Waals surface area contributed by atoms with Gasteiger partial charge in [0.15, 0.2) is 0 Å². The van der Waals surface area contributed by atoms with Gasteiger partial charge in [-0.1, -0.05) is 0 Å². The summed E-state index contributed by atoms with van der Waals surface area (Å²) in [6, 6.07) is 0.586. The van der Waals surface area contributed by atoms with Crippen LogP contribution in [0.4, 0.5) is 0 Å². The molecule has 1 aliphatic heterocycles. The van der Waals surface area contributed by atoms with Gasteiger partial charge in [-0.05, 0) is 33.0 Å². The lowest BCUT2D eigenvalue weighted by molar-refractivity contribution is 0.226. The van der Waals surface area contributed by atoms with Gasteiger partial charge in [0.25, 0.3) is 5.17 Å². The second kappa shape index (κ2) is 1.89. The summed E-state index contributed by atoms with van der Waals surface area (Å²) in [4.78, 5) is 2.22. The first-order valence-electron chi connectivity index (χ1n) is 4.00. The molecule has 11 heavy (non-hydrogen) atoms.